The molecule has 96 valence electrons. The number of alkyl halides is 3. The predicted molar refractivity (Wildman–Crippen MR) is 61.8 cm³/mol. The maximum Gasteiger partial charge on any atom is 0.419 e. The summed E-state index contributed by atoms with van der Waals surface area (Å²) in [7, 11) is 0. The maximum absolute atomic E-state index is 13.1. The molecule has 0 aliphatic rings. The minimum Gasteiger partial charge on any atom is -0.320 e. The Labute approximate surface area is 105 Å². The van der Waals surface area contributed by atoms with Gasteiger partial charge in [0.05, 0.1) is 11.6 Å². The van der Waals surface area contributed by atoms with Gasteiger partial charge in [0.2, 0.25) is 0 Å². The summed E-state index contributed by atoms with van der Waals surface area (Å²) in [5.74, 6) is -1.29. The van der Waals surface area contributed by atoms with E-state index in [1.165, 1.54) is 17.4 Å². The van der Waals surface area contributed by atoms with Crippen LogP contribution in [0, 0.1) is 5.82 Å². The summed E-state index contributed by atoms with van der Waals surface area (Å²) in [6.07, 6.45) is -4.71. The van der Waals surface area contributed by atoms with Crippen molar-refractivity contribution in [3.8, 4) is 0 Å². The highest BCUT2D eigenvalue weighted by atomic mass is 32.1. The highest BCUT2D eigenvalue weighted by Gasteiger charge is 2.34. The summed E-state index contributed by atoms with van der Waals surface area (Å²) in [6.45, 7) is 0. The van der Waals surface area contributed by atoms with Crippen molar-refractivity contribution in [2.45, 2.75) is 12.2 Å². The van der Waals surface area contributed by atoms with Crippen LogP contribution < -0.4 is 5.73 Å². The zero-order valence-electron chi connectivity index (χ0n) is 9.04. The van der Waals surface area contributed by atoms with E-state index < -0.39 is 23.6 Å². The summed E-state index contributed by atoms with van der Waals surface area (Å²) in [5.41, 5.74) is 4.80. The number of halogens is 4. The van der Waals surface area contributed by atoms with Gasteiger partial charge in [-0.3, -0.25) is 0 Å². The average molecular weight is 275 g/mol. The molecule has 0 saturated heterocycles. The second-order valence-electron chi connectivity index (χ2n) is 3.73. The van der Waals surface area contributed by atoms with Gasteiger partial charge in [-0.05, 0) is 29.1 Å². The summed E-state index contributed by atoms with van der Waals surface area (Å²) in [4.78, 5) is 0.731. The summed E-state index contributed by atoms with van der Waals surface area (Å²) in [5, 5.41) is 1.78. The smallest absolute Gasteiger partial charge is 0.320 e. The lowest BCUT2D eigenvalue weighted by molar-refractivity contribution is -0.140. The predicted octanol–water partition coefficient (Wildman–Crippen LogP) is 3.95. The SMILES string of the molecule is N[C@H](c1ccc(F)c(C(F)(F)F)c1)c1cccs1. The standard InChI is InChI=1S/C12H9F4NS/c13-9-4-3-7(6-8(9)12(14,15)16)11(17)10-2-1-5-18-10/h1-6,11H,17H2/t11-/m1/s1. The van der Waals surface area contributed by atoms with E-state index in [2.05, 4.69) is 0 Å². The third-order valence-electron chi connectivity index (χ3n) is 2.50. The molecule has 1 aromatic carbocycles. The fourth-order valence-corrected chi connectivity index (χ4v) is 2.34. The van der Waals surface area contributed by atoms with Crippen molar-refractivity contribution in [2.24, 2.45) is 5.73 Å². The van der Waals surface area contributed by atoms with Crippen LogP contribution in [0.1, 0.15) is 22.0 Å². The van der Waals surface area contributed by atoms with Gasteiger partial charge in [-0.1, -0.05) is 12.1 Å². The van der Waals surface area contributed by atoms with Gasteiger partial charge in [0.15, 0.2) is 0 Å². The first kappa shape index (κ1) is 13.0. The lowest BCUT2D eigenvalue weighted by Crippen LogP contribution is -2.14. The molecular weight excluding hydrogens is 266 g/mol. The number of nitrogens with two attached hydrogens (primary N) is 1. The van der Waals surface area contributed by atoms with Gasteiger partial charge >= 0.3 is 6.18 Å². The lowest BCUT2D eigenvalue weighted by atomic mass is 10.0. The van der Waals surface area contributed by atoms with Crippen LogP contribution in [0.3, 0.4) is 0 Å². The molecular formula is C12H9F4NS. The summed E-state index contributed by atoms with van der Waals surface area (Å²) >= 11 is 1.34. The zero-order chi connectivity index (χ0) is 13.3. The van der Waals surface area contributed by atoms with Gasteiger partial charge in [0, 0.05) is 4.88 Å². The molecule has 1 atom stereocenters. The van der Waals surface area contributed by atoms with E-state index in [-0.39, 0.29) is 5.56 Å². The van der Waals surface area contributed by atoms with Gasteiger partial charge in [-0.25, -0.2) is 4.39 Å². The average Bonchev–Trinajstić information content (AvgIpc) is 2.80. The molecule has 6 heteroatoms. The highest BCUT2D eigenvalue weighted by Crippen LogP contribution is 2.34. The van der Waals surface area contributed by atoms with Crippen LogP contribution in [-0.4, -0.2) is 0 Å². The number of rotatable bonds is 2. The molecule has 18 heavy (non-hydrogen) atoms. The monoisotopic (exact) mass is 275 g/mol. The van der Waals surface area contributed by atoms with Crippen molar-refractivity contribution in [1.29, 1.82) is 0 Å². The van der Waals surface area contributed by atoms with E-state index in [4.69, 9.17) is 5.73 Å². The van der Waals surface area contributed by atoms with Gasteiger partial charge in [0.25, 0.3) is 0 Å². The van der Waals surface area contributed by atoms with E-state index in [0.29, 0.717) is 0 Å². The fraction of sp³-hybridized carbons (Fsp3) is 0.167. The van der Waals surface area contributed by atoms with Gasteiger partial charge in [0.1, 0.15) is 5.82 Å². The van der Waals surface area contributed by atoms with Crippen LogP contribution in [-0.2, 0) is 6.18 Å². The molecule has 0 bridgehead atoms. The first-order valence-electron chi connectivity index (χ1n) is 5.05. The molecule has 2 N–H and O–H groups in total. The van der Waals surface area contributed by atoms with E-state index in [1.54, 1.807) is 17.5 Å². The molecule has 0 spiro atoms. The van der Waals surface area contributed by atoms with E-state index >= 15 is 0 Å². The number of hydrogen-bond donors (Lipinski definition) is 1. The maximum atomic E-state index is 13.1. The topological polar surface area (TPSA) is 26.0 Å². The molecule has 2 rings (SSSR count). The van der Waals surface area contributed by atoms with Crippen LogP contribution >= 0.6 is 11.3 Å². The van der Waals surface area contributed by atoms with Crippen LogP contribution in [0.25, 0.3) is 0 Å². The van der Waals surface area contributed by atoms with Gasteiger partial charge in [-0.15, -0.1) is 11.3 Å². The Hall–Kier alpha value is -1.40. The third kappa shape index (κ3) is 2.54. The molecule has 0 amide bonds. The Morgan fingerprint density at radius 2 is 1.89 bits per heavy atom. The molecule has 0 unspecified atom stereocenters. The van der Waals surface area contributed by atoms with Crippen LogP contribution in [0.5, 0.6) is 0 Å². The second kappa shape index (κ2) is 4.70. The van der Waals surface area contributed by atoms with Crippen molar-refractivity contribution in [3.63, 3.8) is 0 Å². The molecule has 2 aromatic rings. The summed E-state index contributed by atoms with van der Waals surface area (Å²) in [6, 6.07) is 5.65. The van der Waals surface area contributed by atoms with Crippen molar-refractivity contribution >= 4 is 11.3 Å². The minimum atomic E-state index is -4.71. The minimum absolute atomic E-state index is 0.242. The Morgan fingerprint density at radius 3 is 2.44 bits per heavy atom. The Kier molecular flexibility index (Phi) is 3.41. The second-order valence-corrected chi connectivity index (χ2v) is 4.71. The van der Waals surface area contributed by atoms with Crippen molar-refractivity contribution in [1.82, 2.24) is 0 Å². The lowest BCUT2D eigenvalue weighted by Gasteiger charge is -2.14. The molecule has 0 aliphatic heterocycles. The molecule has 0 fully saturated rings. The van der Waals surface area contributed by atoms with Crippen molar-refractivity contribution < 1.29 is 17.6 Å². The molecule has 0 saturated carbocycles. The van der Waals surface area contributed by atoms with Gasteiger partial charge in [-0.2, -0.15) is 13.2 Å². The normalized spacial score (nSPS) is 13.6. The van der Waals surface area contributed by atoms with Crippen LogP contribution in [0.15, 0.2) is 35.7 Å². The molecule has 0 aliphatic carbocycles. The van der Waals surface area contributed by atoms with E-state index in [0.717, 1.165) is 17.0 Å². The Morgan fingerprint density at radius 1 is 1.17 bits per heavy atom. The molecule has 0 radical (unpaired) electrons. The van der Waals surface area contributed by atoms with Crippen LogP contribution in [0.4, 0.5) is 17.6 Å². The highest BCUT2D eigenvalue weighted by molar-refractivity contribution is 7.10. The van der Waals surface area contributed by atoms with E-state index in [9.17, 15) is 17.6 Å². The summed E-state index contributed by atoms with van der Waals surface area (Å²) < 4.78 is 50.8. The largest absolute Gasteiger partial charge is 0.419 e. The third-order valence-corrected chi connectivity index (χ3v) is 3.46. The molecule has 1 aromatic heterocycles. The molecule has 1 nitrogen and oxygen atoms in total. The van der Waals surface area contributed by atoms with Crippen molar-refractivity contribution in [2.75, 3.05) is 0 Å². The van der Waals surface area contributed by atoms with Gasteiger partial charge < -0.3 is 5.73 Å². The number of thiophene rings is 1. The quantitative estimate of drug-likeness (QED) is 0.825. The number of benzene rings is 1. The van der Waals surface area contributed by atoms with Crippen LogP contribution in [0.2, 0.25) is 0 Å². The number of hydrogen-bond acceptors (Lipinski definition) is 2. The first-order chi connectivity index (χ1) is 8.39. The zero-order valence-corrected chi connectivity index (χ0v) is 9.86. The Balaban J connectivity index is 2.42. The first-order valence-corrected chi connectivity index (χ1v) is 5.93. The van der Waals surface area contributed by atoms with E-state index in [1.807, 2.05) is 0 Å². The molecule has 1 heterocycles. The Bertz CT molecular complexity index is 534. The van der Waals surface area contributed by atoms with Crippen molar-refractivity contribution in [3.05, 3.63) is 57.5 Å². The fourth-order valence-electron chi connectivity index (χ4n) is 1.59.